The van der Waals surface area contributed by atoms with Gasteiger partial charge in [-0.3, -0.25) is 14.9 Å². The molecule has 0 atom stereocenters. The SMILES string of the molecule is CN(C)S(=O)(=O)c1ccc(Cl)c(C(=O)N2CCc3ccc([N+](=O)[O-])cc32)c1. The van der Waals surface area contributed by atoms with Gasteiger partial charge in [-0.1, -0.05) is 17.7 Å². The first-order chi connectivity index (χ1) is 12.6. The average Bonchev–Trinajstić information content (AvgIpc) is 3.04. The summed E-state index contributed by atoms with van der Waals surface area (Å²) in [4.78, 5) is 24.9. The third-order valence-corrected chi connectivity index (χ3v) is 6.51. The summed E-state index contributed by atoms with van der Waals surface area (Å²) in [6.45, 7) is 0.330. The number of anilines is 1. The van der Waals surface area contributed by atoms with E-state index >= 15 is 0 Å². The molecular weight excluding hydrogens is 394 g/mol. The molecule has 0 aliphatic carbocycles. The first kappa shape index (κ1) is 19.3. The van der Waals surface area contributed by atoms with Gasteiger partial charge in [-0.2, -0.15) is 0 Å². The van der Waals surface area contributed by atoms with Crippen LogP contribution >= 0.6 is 11.6 Å². The molecule has 142 valence electrons. The van der Waals surface area contributed by atoms with Crippen molar-refractivity contribution in [3.05, 3.63) is 62.7 Å². The zero-order valence-corrected chi connectivity index (χ0v) is 16.1. The summed E-state index contributed by atoms with van der Waals surface area (Å²) in [6, 6.07) is 8.27. The highest BCUT2D eigenvalue weighted by molar-refractivity contribution is 7.89. The molecule has 2 aromatic carbocycles. The summed E-state index contributed by atoms with van der Waals surface area (Å²) < 4.78 is 25.7. The zero-order valence-electron chi connectivity index (χ0n) is 14.5. The largest absolute Gasteiger partial charge is 0.307 e. The van der Waals surface area contributed by atoms with Crippen molar-refractivity contribution in [3.63, 3.8) is 0 Å². The van der Waals surface area contributed by atoms with Crippen LogP contribution in [0.25, 0.3) is 0 Å². The fourth-order valence-electron chi connectivity index (χ4n) is 2.88. The summed E-state index contributed by atoms with van der Waals surface area (Å²) in [5.74, 6) is -0.505. The first-order valence-electron chi connectivity index (χ1n) is 7.94. The van der Waals surface area contributed by atoms with Crippen molar-refractivity contribution >= 4 is 38.9 Å². The second-order valence-electron chi connectivity index (χ2n) is 6.21. The number of hydrogen-bond donors (Lipinski definition) is 0. The van der Waals surface area contributed by atoms with Gasteiger partial charge in [0, 0.05) is 32.8 Å². The van der Waals surface area contributed by atoms with Crippen molar-refractivity contribution in [3.8, 4) is 0 Å². The predicted molar refractivity (Wildman–Crippen MR) is 101 cm³/mol. The Morgan fingerprint density at radius 2 is 1.93 bits per heavy atom. The maximum atomic E-state index is 13.0. The molecule has 3 rings (SSSR count). The minimum Gasteiger partial charge on any atom is -0.307 e. The van der Waals surface area contributed by atoms with Gasteiger partial charge >= 0.3 is 0 Å². The van der Waals surface area contributed by atoms with Gasteiger partial charge in [0.05, 0.1) is 26.1 Å². The quantitative estimate of drug-likeness (QED) is 0.570. The highest BCUT2D eigenvalue weighted by atomic mass is 35.5. The van der Waals surface area contributed by atoms with E-state index in [0.29, 0.717) is 18.7 Å². The molecule has 0 fully saturated rings. The molecule has 1 heterocycles. The van der Waals surface area contributed by atoms with Crippen molar-refractivity contribution in [2.24, 2.45) is 0 Å². The summed E-state index contributed by atoms with van der Waals surface area (Å²) in [5.41, 5.74) is 1.15. The zero-order chi connectivity index (χ0) is 19.9. The van der Waals surface area contributed by atoms with Crippen LogP contribution in [0.1, 0.15) is 15.9 Å². The Balaban J connectivity index is 2.04. The van der Waals surface area contributed by atoms with E-state index in [1.807, 2.05) is 0 Å². The van der Waals surface area contributed by atoms with Gasteiger partial charge < -0.3 is 4.90 Å². The molecule has 0 bridgehead atoms. The number of carbonyl (C=O) groups excluding carboxylic acids is 1. The van der Waals surface area contributed by atoms with Crippen molar-refractivity contribution in [1.29, 1.82) is 0 Å². The number of benzene rings is 2. The van der Waals surface area contributed by atoms with Gasteiger partial charge in [0.2, 0.25) is 10.0 Å². The lowest BCUT2D eigenvalue weighted by molar-refractivity contribution is -0.384. The van der Waals surface area contributed by atoms with E-state index in [4.69, 9.17) is 11.6 Å². The number of fused-ring (bicyclic) bond motifs is 1. The van der Waals surface area contributed by atoms with Crippen LogP contribution in [0.3, 0.4) is 0 Å². The molecule has 1 amide bonds. The van der Waals surface area contributed by atoms with Gasteiger partial charge in [0.25, 0.3) is 11.6 Å². The maximum absolute atomic E-state index is 13.0. The monoisotopic (exact) mass is 409 g/mol. The maximum Gasteiger partial charge on any atom is 0.271 e. The molecule has 27 heavy (non-hydrogen) atoms. The third kappa shape index (κ3) is 3.41. The van der Waals surface area contributed by atoms with E-state index in [2.05, 4.69) is 0 Å². The molecule has 0 aromatic heterocycles. The molecule has 1 aliphatic heterocycles. The van der Waals surface area contributed by atoms with Crippen LogP contribution in [0.5, 0.6) is 0 Å². The van der Waals surface area contributed by atoms with Crippen LogP contribution in [0.4, 0.5) is 11.4 Å². The van der Waals surface area contributed by atoms with Gasteiger partial charge in [0.1, 0.15) is 0 Å². The Bertz CT molecular complexity index is 1050. The highest BCUT2D eigenvalue weighted by Crippen LogP contribution is 2.34. The number of nitro benzene ring substituents is 1. The van der Waals surface area contributed by atoms with Crippen molar-refractivity contribution in [1.82, 2.24) is 4.31 Å². The summed E-state index contributed by atoms with van der Waals surface area (Å²) in [6.07, 6.45) is 0.548. The van der Waals surface area contributed by atoms with Gasteiger partial charge in [-0.05, 0) is 30.2 Å². The number of halogens is 1. The van der Waals surface area contributed by atoms with Crippen molar-refractivity contribution in [2.45, 2.75) is 11.3 Å². The summed E-state index contributed by atoms with van der Waals surface area (Å²) in [5, 5.41) is 11.1. The topological polar surface area (TPSA) is 101 Å². The van der Waals surface area contributed by atoms with Crippen molar-refractivity contribution in [2.75, 3.05) is 25.5 Å². The number of nitrogens with zero attached hydrogens (tertiary/aromatic N) is 3. The van der Waals surface area contributed by atoms with Crippen LogP contribution in [0.15, 0.2) is 41.3 Å². The smallest absolute Gasteiger partial charge is 0.271 e. The molecule has 2 aromatic rings. The fraction of sp³-hybridized carbons (Fsp3) is 0.235. The molecule has 0 saturated carbocycles. The Hall–Kier alpha value is -2.49. The number of non-ortho nitro benzene ring substituents is 1. The second-order valence-corrected chi connectivity index (χ2v) is 8.77. The Morgan fingerprint density at radius 1 is 1.22 bits per heavy atom. The number of sulfonamides is 1. The molecule has 10 heteroatoms. The van der Waals surface area contributed by atoms with Crippen molar-refractivity contribution < 1.29 is 18.1 Å². The lowest BCUT2D eigenvalue weighted by Gasteiger charge is -2.19. The van der Waals surface area contributed by atoms with E-state index in [0.717, 1.165) is 9.87 Å². The van der Waals surface area contributed by atoms with Crippen LogP contribution < -0.4 is 4.90 Å². The predicted octanol–water partition coefficient (Wildman–Crippen LogP) is 2.70. The van der Waals surface area contributed by atoms with E-state index in [-0.39, 0.29) is 21.2 Å². The van der Waals surface area contributed by atoms with Gasteiger partial charge in [0.15, 0.2) is 0 Å². The van der Waals surface area contributed by atoms with Crippen LogP contribution in [-0.4, -0.2) is 44.2 Å². The summed E-state index contributed by atoms with van der Waals surface area (Å²) >= 11 is 6.14. The van der Waals surface area contributed by atoms with Crippen LogP contribution in [0.2, 0.25) is 5.02 Å². The minimum atomic E-state index is -3.74. The fourth-order valence-corrected chi connectivity index (χ4v) is 4.00. The normalized spacial score (nSPS) is 13.7. The minimum absolute atomic E-state index is 0.0268. The standard InChI is InChI=1S/C17H16ClN3O5S/c1-19(2)27(25,26)13-5-6-15(18)14(10-13)17(22)20-8-7-11-3-4-12(21(23)24)9-16(11)20/h3-6,9-10H,7-8H2,1-2H3. The second kappa shape index (κ2) is 6.91. The number of nitro groups is 1. The Morgan fingerprint density at radius 3 is 2.56 bits per heavy atom. The number of amides is 1. The molecule has 0 N–H and O–H groups in total. The molecule has 1 aliphatic rings. The van der Waals surface area contributed by atoms with E-state index in [1.165, 1.54) is 49.3 Å². The van der Waals surface area contributed by atoms with Gasteiger partial charge in [-0.25, -0.2) is 12.7 Å². The molecule has 0 saturated heterocycles. The number of hydrogen-bond acceptors (Lipinski definition) is 5. The Kier molecular flexibility index (Phi) is 4.94. The summed E-state index contributed by atoms with van der Waals surface area (Å²) in [7, 11) is -0.957. The van der Waals surface area contributed by atoms with E-state index in [1.54, 1.807) is 6.07 Å². The first-order valence-corrected chi connectivity index (χ1v) is 9.76. The third-order valence-electron chi connectivity index (χ3n) is 4.37. The molecule has 0 spiro atoms. The number of rotatable bonds is 4. The van der Waals surface area contributed by atoms with E-state index < -0.39 is 20.9 Å². The van der Waals surface area contributed by atoms with Gasteiger partial charge in [-0.15, -0.1) is 0 Å². The molecule has 8 nitrogen and oxygen atoms in total. The molecule has 0 radical (unpaired) electrons. The van der Waals surface area contributed by atoms with Crippen LogP contribution in [0, 0.1) is 10.1 Å². The lowest BCUT2D eigenvalue weighted by Crippen LogP contribution is -2.29. The molecule has 0 unspecified atom stereocenters. The highest BCUT2D eigenvalue weighted by Gasteiger charge is 2.30. The average molecular weight is 410 g/mol. The van der Waals surface area contributed by atoms with E-state index in [9.17, 15) is 23.3 Å². The van der Waals surface area contributed by atoms with Crippen LogP contribution in [-0.2, 0) is 16.4 Å². The Labute approximate surface area is 161 Å². The molecular formula is C17H16ClN3O5S. The number of carbonyl (C=O) groups is 1. The lowest BCUT2D eigenvalue weighted by atomic mass is 10.1.